The number of rotatable bonds is 9. The first kappa shape index (κ1) is 32.6. The third-order valence-electron chi connectivity index (χ3n) is 7.23. The van der Waals surface area contributed by atoms with Crippen LogP contribution in [0.4, 0.5) is 0 Å². The number of ether oxygens (including phenoxy) is 3. The molecule has 2 aromatic rings. The molecule has 1 fully saturated rings. The van der Waals surface area contributed by atoms with Crippen molar-refractivity contribution in [2.24, 2.45) is 22.4 Å². The van der Waals surface area contributed by atoms with E-state index in [9.17, 15) is 9.59 Å². The molecule has 2 aliphatic carbocycles. The Hall–Kier alpha value is -3.59. The summed E-state index contributed by atoms with van der Waals surface area (Å²) in [7, 11) is 6.81. The highest BCUT2D eigenvalue weighted by Gasteiger charge is 2.19. The Morgan fingerprint density at radius 3 is 2.25 bits per heavy atom. The number of carbonyl (C=O) groups excluding carboxylic acids is 2. The van der Waals surface area contributed by atoms with Crippen LogP contribution in [0, 0.1) is 5.92 Å². The fourth-order valence-corrected chi connectivity index (χ4v) is 5.05. The third-order valence-corrected chi connectivity index (χ3v) is 7.23. The number of aldehydes is 1. The van der Waals surface area contributed by atoms with Crippen molar-refractivity contribution >= 4 is 18.2 Å². The molecule has 1 saturated carbocycles. The van der Waals surface area contributed by atoms with E-state index in [0.717, 1.165) is 49.2 Å². The van der Waals surface area contributed by atoms with Gasteiger partial charge in [-0.3, -0.25) is 4.79 Å². The van der Waals surface area contributed by atoms with E-state index in [1.807, 2.05) is 13.1 Å². The Morgan fingerprint density at radius 1 is 0.950 bits per heavy atom. The molecule has 0 aliphatic heterocycles. The molecule has 220 valence electrons. The number of methoxy groups -OCH3 is 3. The Morgan fingerprint density at radius 2 is 1.65 bits per heavy atom. The van der Waals surface area contributed by atoms with Crippen molar-refractivity contribution in [2.75, 3.05) is 28.4 Å². The van der Waals surface area contributed by atoms with Crippen molar-refractivity contribution in [3.63, 3.8) is 0 Å². The number of benzene rings is 2. The molecule has 0 saturated heterocycles. The molecule has 4 rings (SSSR count). The molecule has 5 N–H and O–H groups in total. The summed E-state index contributed by atoms with van der Waals surface area (Å²) >= 11 is 0. The van der Waals surface area contributed by atoms with Crippen molar-refractivity contribution in [1.82, 2.24) is 5.32 Å². The van der Waals surface area contributed by atoms with Gasteiger partial charge in [0.2, 0.25) is 0 Å². The van der Waals surface area contributed by atoms with Gasteiger partial charge < -0.3 is 35.8 Å². The van der Waals surface area contributed by atoms with Crippen LogP contribution in [0.25, 0.3) is 0 Å². The van der Waals surface area contributed by atoms with Crippen LogP contribution in [0.1, 0.15) is 61.6 Å². The molecule has 40 heavy (non-hydrogen) atoms. The summed E-state index contributed by atoms with van der Waals surface area (Å²) in [6.07, 6.45) is 12.3. The maximum atomic E-state index is 11.4. The molecule has 0 heterocycles. The Balaban J connectivity index is 0.000000217. The van der Waals surface area contributed by atoms with E-state index in [-0.39, 0.29) is 12.4 Å². The molecule has 1 amide bonds. The van der Waals surface area contributed by atoms with Crippen LogP contribution < -0.4 is 31.0 Å². The summed E-state index contributed by atoms with van der Waals surface area (Å²) in [6, 6.07) is 12.1. The van der Waals surface area contributed by atoms with Crippen molar-refractivity contribution in [1.29, 1.82) is 0 Å². The first-order valence-electron chi connectivity index (χ1n) is 13.9. The first-order valence-corrected chi connectivity index (χ1v) is 13.9. The van der Waals surface area contributed by atoms with Crippen molar-refractivity contribution < 1.29 is 23.8 Å². The number of aliphatic imine (C=N–C) groups is 1. The standard InChI is InChI=1S/C11H15N3O3.C11H15NO.C9H16O/c1-16-8-4-3-7(5-9(8)17-2)6-10(15)14-11(12)13;1-12-10-5-8-3-4-11(13-2)7-9(8)6-10;10-8-4-7-9-5-2-1-3-6-9/h3-5H,6H2,1-2H3,(H4,12,13,14,15);3-4,7,10,12H,5-6H2,1-2H3;8-9H,1-7H2. The SMILES string of the molecule is CNC1Cc2ccc(OC)cc2C1.COc1ccc(CC(=O)N=C(N)N)cc1OC.O=CCCC1CCCCC1. The quantitative estimate of drug-likeness (QED) is 0.240. The lowest BCUT2D eigenvalue weighted by Gasteiger charge is -2.19. The number of nitrogens with one attached hydrogen (secondary N) is 1. The molecule has 0 radical (unpaired) electrons. The minimum atomic E-state index is -0.405. The predicted octanol–water partition coefficient (Wildman–Crippen LogP) is 3.97. The zero-order valence-corrected chi connectivity index (χ0v) is 24.4. The van der Waals surface area contributed by atoms with E-state index in [1.165, 1.54) is 50.3 Å². The number of hydrogen-bond acceptors (Lipinski definition) is 6. The minimum Gasteiger partial charge on any atom is -0.497 e. The monoisotopic (exact) mass is 554 g/mol. The highest BCUT2D eigenvalue weighted by molar-refractivity contribution is 5.92. The highest BCUT2D eigenvalue weighted by Crippen LogP contribution is 2.28. The normalized spacial score (nSPS) is 15.8. The number of hydrogen-bond donors (Lipinski definition) is 3. The van der Waals surface area contributed by atoms with Crippen molar-refractivity contribution in [3.8, 4) is 17.2 Å². The van der Waals surface area contributed by atoms with Gasteiger partial charge in [-0.1, -0.05) is 44.2 Å². The Kier molecular flexibility index (Phi) is 14.6. The van der Waals surface area contributed by atoms with Crippen molar-refractivity contribution in [3.05, 3.63) is 53.1 Å². The van der Waals surface area contributed by atoms with E-state index >= 15 is 0 Å². The number of likely N-dealkylation sites (N-methyl/N-ethyl adjacent to an activating group) is 1. The maximum absolute atomic E-state index is 11.4. The number of amides is 1. The number of nitrogens with zero attached hydrogens (tertiary/aromatic N) is 1. The minimum absolute atomic E-state index is 0.109. The second kappa shape index (κ2) is 17.9. The average Bonchev–Trinajstić information content (AvgIpc) is 3.39. The van der Waals surface area contributed by atoms with Crippen LogP contribution in [0.2, 0.25) is 0 Å². The van der Waals surface area contributed by atoms with Gasteiger partial charge in [-0.15, -0.1) is 0 Å². The zero-order chi connectivity index (χ0) is 29.3. The molecule has 1 unspecified atom stereocenters. The lowest BCUT2D eigenvalue weighted by molar-refractivity contribution is -0.117. The summed E-state index contributed by atoms with van der Waals surface area (Å²) in [5, 5.41) is 3.31. The summed E-state index contributed by atoms with van der Waals surface area (Å²) in [4.78, 5) is 24.8. The first-order chi connectivity index (χ1) is 19.3. The number of fused-ring (bicyclic) bond motifs is 1. The van der Waals surface area contributed by atoms with Crippen LogP contribution >= 0.6 is 0 Å². The second-order valence-corrected chi connectivity index (χ2v) is 10.1. The predicted molar refractivity (Wildman–Crippen MR) is 159 cm³/mol. The number of nitrogens with two attached hydrogens (primary N) is 2. The van der Waals surface area contributed by atoms with Gasteiger partial charge in [0.15, 0.2) is 17.5 Å². The average molecular weight is 555 g/mol. The lowest BCUT2D eigenvalue weighted by atomic mass is 9.86. The topological polar surface area (TPSA) is 138 Å². The van der Waals surface area contributed by atoms with Crippen LogP contribution in [-0.4, -0.2) is 52.6 Å². The van der Waals surface area contributed by atoms with Crippen LogP contribution in [-0.2, 0) is 28.9 Å². The van der Waals surface area contributed by atoms with E-state index in [1.54, 1.807) is 32.4 Å². The van der Waals surface area contributed by atoms with Gasteiger partial charge in [-0.2, -0.15) is 4.99 Å². The summed E-state index contributed by atoms with van der Waals surface area (Å²) in [5.74, 6) is 2.36. The van der Waals surface area contributed by atoms with Gasteiger partial charge in [0.25, 0.3) is 5.91 Å². The molecule has 0 spiro atoms. The highest BCUT2D eigenvalue weighted by atomic mass is 16.5. The van der Waals surface area contributed by atoms with Gasteiger partial charge in [-0.25, -0.2) is 0 Å². The molecule has 0 bridgehead atoms. The van der Waals surface area contributed by atoms with Crippen LogP contribution in [0.5, 0.6) is 17.2 Å². The fourth-order valence-electron chi connectivity index (χ4n) is 5.05. The zero-order valence-electron chi connectivity index (χ0n) is 24.4. The smallest absolute Gasteiger partial charge is 0.253 e. The molecule has 2 aliphatic rings. The summed E-state index contributed by atoms with van der Waals surface area (Å²) < 4.78 is 15.4. The summed E-state index contributed by atoms with van der Waals surface area (Å²) in [6.45, 7) is 0. The second-order valence-electron chi connectivity index (χ2n) is 10.1. The lowest BCUT2D eigenvalue weighted by Crippen LogP contribution is -2.24. The van der Waals surface area contributed by atoms with Gasteiger partial charge in [0, 0.05) is 12.5 Å². The van der Waals surface area contributed by atoms with E-state index in [0.29, 0.717) is 17.5 Å². The van der Waals surface area contributed by atoms with Gasteiger partial charge >= 0.3 is 0 Å². The molecule has 1 atom stereocenters. The molecule has 0 aromatic heterocycles. The molecule has 9 heteroatoms. The third kappa shape index (κ3) is 11.3. The fraction of sp³-hybridized carbons (Fsp3) is 0.516. The van der Waals surface area contributed by atoms with Crippen LogP contribution in [0.15, 0.2) is 41.4 Å². The van der Waals surface area contributed by atoms with E-state index < -0.39 is 5.91 Å². The summed E-state index contributed by atoms with van der Waals surface area (Å²) in [5.41, 5.74) is 13.9. The van der Waals surface area contributed by atoms with Crippen molar-refractivity contribution in [2.45, 2.75) is 70.3 Å². The maximum Gasteiger partial charge on any atom is 0.253 e. The molecular weight excluding hydrogens is 508 g/mol. The molecular formula is C31H46N4O5. The Bertz CT molecular complexity index is 1100. The van der Waals surface area contributed by atoms with E-state index in [2.05, 4.69) is 22.4 Å². The van der Waals surface area contributed by atoms with Crippen LogP contribution in [0.3, 0.4) is 0 Å². The molecule has 9 nitrogen and oxygen atoms in total. The van der Waals surface area contributed by atoms with Gasteiger partial charge in [0.05, 0.1) is 27.8 Å². The van der Waals surface area contributed by atoms with E-state index in [4.69, 9.17) is 25.7 Å². The number of guanidine groups is 1. The largest absolute Gasteiger partial charge is 0.497 e. The van der Waals surface area contributed by atoms with Gasteiger partial charge in [-0.05, 0) is 73.2 Å². The van der Waals surface area contributed by atoms with Gasteiger partial charge in [0.1, 0.15) is 12.0 Å². The molecule has 2 aromatic carbocycles. The Labute approximate surface area is 238 Å². The number of carbonyl (C=O) groups is 2.